The first-order valence-electron chi connectivity index (χ1n) is 6.07. The molecule has 1 aromatic carbocycles. The van der Waals surface area contributed by atoms with Crippen LogP contribution in [0.5, 0.6) is 5.75 Å². The minimum Gasteiger partial charge on any atom is -0.508 e. The molecule has 16 heavy (non-hydrogen) atoms. The van der Waals surface area contributed by atoms with E-state index in [9.17, 15) is 5.11 Å². The summed E-state index contributed by atoms with van der Waals surface area (Å²) < 4.78 is 0. The molecule has 1 atom stereocenters. The summed E-state index contributed by atoms with van der Waals surface area (Å²) in [5, 5.41) is 12.6. The first-order valence-corrected chi connectivity index (χ1v) is 6.07. The Hall–Kier alpha value is -1.02. The lowest BCUT2D eigenvalue weighted by atomic mass is 9.98. The van der Waals surface area contributed by atoms with Crippen molar-refractivity contribution in [2.75, 3.05) is 7.05 Å². The molecule has 2 N–H and O–H groups in total. The fraction of sp³-hybridized carbons (Fsp3) is 0.571. The molecule has 0 aliphatic carbocycles. The number of nitrogens with one attached hydrogen (secondary N) is 1. The van der Waals surface area contributed by atoms with Gasteiger partial charge in [-0.2, -0.15) is 0 Å². The monoisotopic (exact) mass is 221 g/mol. The predicted molar refractivity (Wildman–Crippen MR) is 68.7 cm³/mol. The summed E-state index contributed by atoms with van der Waals surface area (Å²) in [6.07, 6.45) is 3.49. The van der Waals surface area contributed by atoms with Crippen LogP contribution in [0.4, 0.5) is 0 Å². The zero-order valence-corrected chi connectivity index (χ0v) is 10.5. The van der Waals surface area contributed by atoms with Gasteiger partial charge < -0.3 is 10.4 Å². The highest BCUT2D eigenvalue weighted by molar-refractivity contribution is 5.26. The van der Waals surface area contributed by atoms with E-state index in [1.165, 1.54) is 18.4 Å². The molecular formula is C14H23NO. The number of aromatic hydroxyl groups is 1. The number of phenols is 1. The van der Waals surface area contributed by atoms with Crippen molar-refractivity contribution >= 4 is 0 Å². The Bertz CT molecular complexity index is 292. The fourth-order valence-corrected chi connectivity index (χ4v) is 1.80. The Morgan fingerprint density at radius 2 is 1.75 bits per heavy atom. The van der Waals surface area contributed by atoms with Gasteiger partial charge in [0, 0.05) is 6.04 Å². The highest BCUT2D eigenvalue weighted by atomic mass is 16.3. The molecule has 0 saturated carbocycles. The molecule has 0 aliphatic heterocycles. The van der Waals surface area contributed by atoms with Gasteiger partial charge in [-0.25, -0.2) is 0 Å². The Morgan fingerprint density at radius 3 is 2.25 bits per heavy atom. The molecule has 2 heteroatoms. The molecule has 2 nitrogen and oxygen atoms in total. The summed E-state index contributed by atoms with van der Waals surface area (Å²) in [6, 6.07) is 8.03. The van der Waals surface area contributed by atoms with Crippen LogP contribution >= 0.6 is 0 Å². The van der Waals surface area contributed by atoms with E-state index >= 15 is 0 Å². The second-order valence-corrected chi connectivity index (χ2v) is 4.83. The number of likely N-dealkylation sites (N-methyl/N-ethyl adjacent to an activating group) is 1. The Morgan fingerprint density at radius 1 is 1.12 bits per heavy atom. The van der Waals surface area contributed by atoms with Crippen LogP contribution in [0.2, 0.25) is 0 Å². The van der Waals surface area contributed by atoms with Gasteiger partial charge in [-0.1, -0.05) is 26.0 Å². The van der Waals surface area contributed by atoms with Gasteiger partial charge in [0.05, 0.1) is 0 Å². The Balaban J connectivity index is 2.46. The zero-order chi connectivity index (χ0) is 12.0. The highest BCUT2D eigenvalue weighted by Crippen LogP contribution is 2.14. The molecular weight excluding hydrogens is 198 g/mol. The van der Waals surface area contributed by atoms with Gasteiger partial charge in [0.2, 0.25) is 0 Å². The number of rotatable bonds is 6. The lowest BCUT2D eigenvalue weighted by Crippen LogP contribution is -2.27. The molecule has 1 unspecified atom stereocenters. The van der Waals surface area contributed by atoms with Crippen LogP contribution in [0.1, 0.15) is 32.3 Å². The van der Waals surface area contributed by atoms with Gasteiger partial charge in [0.15, 0.2) is 0 Å². The van der Waals surface area contributed by atoms with Gasteiger partial charge in [-0.3, -0.25) is 0 Å². The average Bonchev–Trinajstić information content (AvgIpc) is 2.26. The summed E-state index contributed by atoms with van der Waals surface area (Å²) in [7, 11) is 2.02. The summed E-state index contributed by atoms with van der Waals surface area (Å²) in [4.78, 5) is 0. The molecule has 0 saturated heterocycles. The summed E-state index contributed by atoms with van der Waals surface area (Å²) in [5.41, 5.74) is 1.28. The smallest absolute Gasteiger partial charge is 0.115 e. The maximum atomic E-state index is 9.21. The molecule has 0 spiro atoms. The molecule has 1 aromatic rings. The Labute approximate surface area is 98.7 Å². The van der Waals surface area contributed by atoms with Crippen LogP contribution in [0.25, 0.3) is 0 Å². The molecule has 0 heterocycles. The molecule has 90 valence electrons. The second kappa shape index (κ2) is 6.54. The third-order valence-corrected chi connectivity index (χ3v) is 2.92. The van der Waals surface area contributed by atoms with Gasteiger partial charge in [-0.05, 0) is 49.9 Å². The lowest BCUT2D eigenvalue weighted by Gasteiger charge is -2.17. The summed E-state index contributed by atoms with van der Waals surface area (Å²) in [6.45, 7) is 4.51. The first kappa shape index (κ1) is 13.0. The molecule has 0 aliphatic rings. The number of hydrogen-bond acceptors (Lipinski definition) is 2. The minimum absolute atomic E-state index is 0.340. The topological polar surface area (TPSA) is 32.3 Å². The van der Waals surface area contributed by atoms with E-state index in [1.54, 1.807) is 12.1 Å². The zero-order valence-electron chi connectivity index (χ0n) is 10.5. The number of hydrogen-bond donors (Lipinski definition) is 2. The third kappa shape index (κ3) is 4.67. The van der Waals surface area contributed by atoms with Crippen molar-refractivity contribution in [3.8, 4) is 5.75 Å². The van der Waals surface area contributed by atoms with Crippen molar-refractivity contribution in [1.82, 2.24) is 5.32 Å². The van der Waals surface area contributed by atoms with E-state index in [2.05, 4.69) is 19.2 Å². The highest BCUT2D eigenvalue weighted by Gasteiger charge is 2.08. The molecule has 0 amide bonds. The van der Waals surface area contributed by atoms with Crippen LogP contribution in [-0.2, 0) is 6.42 Å². The van der Waals surface area contributed by atoms with Crippen molar-refractivity contribution in [3.05, 3.63) is 29.8 Å². The molecule has 1 rings (SSSR count). The maximum Gasteiger partial charge on any atom is 0.115 e. The van der Waals surface area contributed by atoms with E-state index in [4.69, 9.17) is 0 Å². The summed E-state index contributed by atoms with van der Waals surface area (Å²) in [5.74, 6) is 1.10. The van der Waals surface area contributed by atoms with Crippen LogP contribution in [0.15, 0.2) is 24.3 Å². The fourth-order valence-electron chi connectivity index (χ4n) is 1.80. The van der Waals surface area contributed by atoms with Crippen molar-refractivity contribution in [3.63, 3.8) is 0 Å². The molecule has 0 fully saturated rings. The van der Waals surface area contributed by atoms with Crippen LogP contribution in [0, 0.1) is 5.92 Å². The largest absolute Gasteiger partial charge is 0.508 e. The van der Waals surface area contributed by atoms with Crippen LogP contribution in [-0.4, -0.2) is 18.2 Å². The SMILES string of the molecule is CNC(CCC(C)C)Cc1ccc(O)cc1. The van der Waals surface area contributed by atoms with Crippen molar-refractivity contribution in [2.45, 2.75) is 39.2 Å². The molecule has 0 aromatic heterocycles. The van der Waals surface area contributed by atoms with Crippen molar-refractivity contribution in [1.29, 1.82) is 0 Å². The maximum absolute atomic E-state index is 9.21. The second-order valence-electron chi connectivity index (χ2n) is 4.83. The molecule has 0 bridgehead atoms. The van der Waals surface area contributed by atoms with Crippen molar-refractivity contribution in [2.24, 2.45) is 5.92 Å². The van der Waals surface area contributed by atoms with E-state index in [0.717, 1.165) is 12.3 Å². The van der Waals surface area contributed by atoms with Crippen LogP contribution < -0.4 is 5.32 Å². The van der Waals surface area contributed by atoms with E-state index in [0.29, 0.717) is 11.8 Å². The number of benzene rings is 1. The van der Waals surface area contributed by atoms with E-state index in [1.807, 2.05) is 19.2 Å². The Kier molecular flexibility index (Phi) is 5.33. The standard InChI is InChI=1S/C14H23NO/c1-11(2)4-7-13(15-3)10-12-5-8-14(16)9-6-12/h5-6,8-9,11,13,15-16H,4,7,10H2,1-3H3. The van der Waals surface area contributed by atoms with Gasteiger partial charge in [0.1, 0.15) is 5.75 Å². The third-order valence-electron chi connectivity index (χ3n) is 2.92. The predicted octanol–water partition coefficient (Wildman–Crippen LogP) is 2.96. The van der Waals surface area contributed by atoms with Gasteiger partial charge >= 0.3 is 0 Å². The lowest BCUT2D eigenvalue weighted by molar-refractivity contribution is 0.450. The van der Waals surface area contributed by atoms with Gasteiger partial charge in [-0.15, -0.1) is 0 Å². The van der Waals surface area contributed by atoms with Gasteiger partial charge in [0.25, 0.3) is 0 Å². The average molecular weight is 221 g/mol. The van der Waals surface area contributed by atoms with E-state index in [-0.39, 0.29) is 0 Å². The van der Waals surface area contributed by atoms with Crippen molar-refractivity contribution < 1.29 is 5.11 Å². The van der Waals surface area contributed by atoms with Crippen LogP contribution in [0.3, 0.4) is 0 Å². The molecule has 0 radical (unpaired) electrons. The van der Waals surface area contributed by atoms with E-state index < -0.39 is 0 Å². The quantitative estimate of drug-likeness (QED) is 0.774. The minimum atomic E-state index is 0.340. The summed E-state index contributed by atoms with van der Waals surface area (Å²) >= 11 is 0. The number of phenolic OH excluding ortho intramolecular Hbond substituents is 1. The first-order chi connectivity index (χ1) is 7.61. The normalized spacial score (nSPS) is 13.0.